The molecular weight excluding hydrogens is 240 g/mol. The molecule has 0 saturated heterocycles. The van der Waals surface area contributed by atoms with Gasteiger partial charge in [-0.15, -0.1) is 0 Å². The first-order chi connectivity index (χ1) is 9.76. The Hall–Kier alpha value is -1.56. The molecule has 0 aliphatic heterocycles. The Morgan fingerprint density at radius 2 is 1.55 bits per heavy atom. The first-order valence-electron chi connectivity index (χ1n) is 7.92. The van der Waals surface area contributed by atoms with Crippen LogP contribution in [0.4, 0.5) is 0 Å². The molecule has 0 fully saturated rings. The zero-order chi connectivity index (χ0) is 14.4. The van der Waals surface area contributed by atoms with Gasteiger partial charge in [0.05, 0.1) is 0 Å². The third-order valence-corrected chi connectivity index (χ3v) is 4.03. The fourth-order valence-electron chi connectivity index (χ4n) is 2.93. The molecule has 0 amide bonds. The van der Waals surface area contributed by atoms with Gasteiger partial charge in [-0.2, -0.15) is 0 Å². The maximum atomic E-state index is 2.43. The molecule has 0 aliphatic carbocycles. The lowest BCUT2D eigenvalue weighted by atomic mass is 9.87. The van der Waals surface area contributed by atoms with Crippen LogP contribution in [0.2, 0.25) is 0 Å². The highest BCUT2D eigenvalue weighted by Crippen LogP contribution is 2.28. The molecular formula is C20H26. The maximum absolute atomic E-state index is 2.43. The molecule has 0 saturated carbocycles. The van der Waals surface area contributed by atoms with E-state index in [1.807, 2.05) is 0 Å². The van der Waals surface area contributed by atoms with Crippen molar-refractivity contribution in [1.82, 2.24) is 0 Å². The van der Waals surface area contributed by atoms with Crippen molar-refractivity contribution in [1.29, 1.82) is 0 Å². The highest BCUT2D eigenvalue weighted by Gasteiger charge is 2.12. The Labute approximate surface area is 123 Å². The Balaban J connectivity index is 2.34. The molecule has 0 N–H and O–H groups in total. The second-order valence-electron chi connectivity index (χ2n) is 5.67. The number of aryl methyl sites for hydroxylation is 2. The van der Waals surface area contributed by atoms with Gasteiger partial charge in [0.1, 0.15) is 0 Å². The highest BCUT2D eigenvalue weighted by molar-refractivity contribution is 5.40. The topological polar surface area (TPSA) is 0 Å². The zero-order valence-corrected chi connectivity index (χ0v) is 13.0. The largest absolute Gasteiger partial charge is 0.0651 e. The van der Waals surface area contributed by atoms with Crippen LogP contribution >= 0.6 is 0 Å². The number of hydrogen-bond acceptors (Lipinski definition) is 0. The van der Waals surface area contributed by atoms with Crippen molar-refractivity contribution in [3.63, 3.8) is 0 Å². The van der Waals surface area contributed by atoms with E-state index >= 15 is 0 Å². The summed E-state index contributed by atoms with van der Waals surface area (Å²) in [7, 11) is 0. The predicted octanol–water partition coefficient (Wildman–Crippen LogP) is 5.74. The first-order valence-corrected chi connectivity index (χ1v) is 7.92. The minimum Gasteiger partial charge on any atom is -0.0651 e. The monoisotopic (exact) mass is 266 g/mol. The standard InChI is InChI=1S/C20H26/c1-4-9-17-13-14-20(19(15-17)10-5-2)16(3)18-11-7-6-8-12-18/h6-8,11-16H,4-5,9-10H2,1-3H3. The van der Waals surface area contributed by atoms with Gasteiger partial charge >= 0.3 is 0 Å². The van der Waals surface area contributed by atoms with Crippen molar-refractivity contribution >= 4 is 0 Å². The van der Waals surface area contributed by atoms with Gasteiger partial charge < -0.3 is 0 Å². The van der Waals surface area contributed by atoms with E-state index in [4.69, 9.17) is 0 Å². The Kier molecular flexibility index (Phi) is 5.40. The van der Waals surface area contributed by atoms with Gasteiger partial charge in [-0.25, -0.2) is 0 Å². The molecule has 0 heterocycles. The van der Waals surface area contributed by atoms with Crippen molar-refractivity contribution < 1.29 is 0 Å². The second-order valence-corrected chi connectivity index (χ2v) is 5.67. The van der Waals surface area contributed by atoms with Crippen LogP contribution in [0.15, 0.2) is 48.5 Å². The number of hydrogen-bond donors (Lipinski definition) is 0. The summed E-state index contributed by atoms with van der Waals surface area (Å²) in [4.78, 5) is 0. The van der Waals surface area contributed by atoms with E-state index < -0.39 is 0 Å². The molecule has 0 bridgehead atoms. The van der Waals surface area contributed by atoms with Gasteiger partial charge in [0, 0.05) is 5.92 Å². The lowest BCUT2D eigenvalue weighted by molar-refractivity contribution is 0.842. The lowest BCUT2D eigenvalue weighted by Crippen LogP contribution is -2.02. The van der Waals surface area contributed by atoms with E-state index in [1.165, 1.54) is 47.9 Å². The van der Waals surface area contributed by atoms with Crippen LogP contribution in [0.5, 0.6) is 0 Å². The van der Waals surface area contributed by atoms with Crippen LogP contribution in [0.25, 0.3) is 0 Å². The zero-order valence-electron chi connectivity index (χ0n) is 13.0. The van der Waals surface area contributed by atoms with Crippen LogP contribution in [-0.4, -0.2) is 0 Å². The van der Waals surface area contributed by atoms with E-state index in [0.717, 1.165) is 0 Å². The smallest absolute Gasteiger partial charge is 0.00637 e. The third-order valence-electron chi connectivity index (χ3n) is 4.03. The molecule has 2 rings (SSSR count). The summed E-state index contributed by atoms with van der Waals surface area (Å²) in [6, 6.07) is 17.9. The molecule has 0 radical (unpaired) electrons. The predicted molar refractivity (Wildman–Crippen MR) is 88.4 cm³/mol. The Morgan fingerprint density at radius 1 is 0.850 bits per heavy atom. The average molecular weight is 266 g/mol. The van der Waals surface area contributed by atoms with Crippen LogP contribution < -0.4 is 0 Å². The van der Waals surface area contributed by atoms with E-state index in [9.17, 15) is 0 Å². The molecule has 0 aromatic heterocycles. The van der Waals surface area contributed by atoms with Crippen molar-refractivity contribution in [3.8, 4) is 0 Å². The van der Waals surface area contributed by atoms with Gasteiger partial charge in [0.25, 0.3) is 0 Å². The second kappa shape index (κ2) is 7.28. The van der Waals surface area contributed by atoms with Crippen molar-refractivity contribution in [2.75, 3.05) is 0 Å². The van der Waals surface area contributed by atoms with E-state index in [0.29, 0.717) is 5.92 Å². The van der Waals surface area contributed by atoms with E-state index in [2.05, 4.69) is 69.3 Å². The molecule has 2 aromatic carbocycles. The third kappa shape index (κ3) is 3.50. The SMILES string of the molecule is CCCc1ccc(C(C)c2ccccc2)c(CCC)c1. The van der Waals surface area contributed by atoms with Crippen molar-refractivity contribution in [3.05, 3.63) is 70.8 Å². The summed E-state index contributed by atoms with van der Waals surface area (Å²) in [5, 5.41) is 0. The summed E-state index contributed by atoms with van der Waals surface area (Å²) < 4.78 is 0. The fraction of sp³-hybridized carbons (Fsp3) is 0.400. The molecule has 1 unspecified atom stereocenters. The van der Waals surface area contributed by atoms with E-state index in [-0.39, 0.29) is 0 Å². The van der Waals surface area contributed by atoms with Crippen LogP contribution in [0.3, 0.4) is 0 Å². The molecule has 0 heteroatoms. The van der Waals surface area contributed by atoms with Crippen molar-refractivity contribution in [2.24, 2.45) is 0 Å². The summed E-state index contributed by atoms with van der Waals surface area (Å²) in [5.41, 5.74) is 5.93. The quantitative estimate of drug-likeness (QED) is 0.625. The molecule has 2 aromatic rings. The summed E-state index contributed by atoms with van der Waals surface area (Å²) in [6.07, 6.45) is 4.81. The highest BCUT2D eigenvalue weighted by atomic mass is 14.2. The Bertz CT molecular complexity index is 525. The Morgan fingerprint density at radius 3 is 2.20 bits per heavy atom. The first kappa shape index (κ1) is 14.8. The minimum absolute atomic E-state index is 0.480. The van der Waals surface area contributed by atoms with Gasteiger partial charge in [-0.05, 0) is 35.1 Å². The fourth-order valence-corrected chi connectivity index (χ4v) is 2.93. The number of benzene rings is 2. The summed E-state index contributed by atoms with van der Waals surface area (Å²) in [5.74, 6) is 0.480. The maximum Gasteiger partial charge on any atom is 0.00637 e. The minimum atomic E-state index is 0.480. The van der Waals surface area contributed by atoms with Gasteiger partial charge in [-0.3, -0.25) is 0 Å². The summed E-state index contributed by atoms with van der Waals surface area (Å²) >= 11 is 0. The molecule has 106 valence electrons. The molecule has 1 atom stereocenters. The van der Waals surface area contributed by atoms with Gasteiger partial charge in [0.15, 0.2) is 0 Å². The molecule has 20 heavy (non-hydrogen) atoms. The normalized spacial score (nSPS) is 12.3. The van der Waals surface area contributed by atoms with Crippen LogP contribution in [0, 0.1) is 0 Å². The molecule has 0 spiro atoms. The number of rotatable bonds is 6. The van der Waals surface area contributed by atoms with Crippen molar-refractivity contribution in [2.45, 2.75) is 52.4 Å². The lowest BCUT2D eigenvalue weighted by Gasteiger charge is -2.18. The summed E-state index contributed by atoms with van der Waals surface area (Å²) in [6.45, 7) is 6.84. The molecule has 0 aliphatic rings. The van der Waals surface area contributed by atoms with Crippen LogP contribution in [-0.2, 0) is 12.8 Å². The average Bonchev–Trinajstić information content (AvgIpc) is 2.48. The van der Waals surface area contributed by atoms with Gasteiger partial charge in [0.2, 0.25) is 0 Å². The molecule has 0 nitrogen and oxygen atoms in total. The van der Waals surface area contributed by atoms with E-state index in [1.54, 1.807) is 0 Å². The van der Waals surface area contributed by atoms with Gasteiger partial charge in [-0.1, -0.05) is 82.1 Å². The van der Waals surface area contributed by atoms with Crippen LogP contribution in [0.1, 0.15) is 61.8 Å².